The van der Waals surface area contributed by atoms with Crippen molar-refractivity contribution in [1.82, 2.24) is 0 Å². The van der Waals surface area contributed by atoms with Crippen molar-refractivity contribution in [3.8, 4) is 46.0 Å². The molecule has 7 nitrogen and oxygen atoms in total. The summed E-state index contributed by atoms with van der Waals surface area (Å²) in [6, 6.07) is 23.1. The van der Waals surface area contributed by atoms with Crippen LogP contribution in [0, 0.1) is 13.8 Å². The Morgan fingerprint density at radius 1 is 0.486 bits per heavy atom. The topological polar surface area (TPSA) is 109 Å². The first-order valence-electron chi connectivity index (χ1n) is 10.9. The molecular weight excluding hydrogens is 448 g/mol. The average Bonchev–Trinajstić information content (AvgIpc) is 2.84. The summed E-state index contributed by atoms with van der Waals surface area (Å²) >= 11 is 0. The minimum Gasteiger partial charge on any atom is -0.508 e. The zero-order valence-electron chi connectivity index (χ0n) is 19.5. The second-order valence-electron chi connectivity index (χ2n) is 7.68. The van der Waals surface area contributed by atoms with Crippen molar-refractivity contribution in [2.75, 3.05) is 13.2 Å². The summed E-state index contributed by atoms with van der Waals surface area (Å²) < 4.78 is 16.5. The quantitative estimate of drug-likeness (QED) is 0.240. The second kappa shape index (κ2) is 12.1. The molecule has 0 saturated carbocycles. The van der Waals surface area contributed by atoms with Crippen LogP contribution in [0.4, 0.5) is 0 Å². The van der Waals surface area contributed by atoms with Crippen LogP contribution in [0.1, 0.15) is 11.1 Å². The number of hydrogen-bond donors (Lipinski definition) is 4. The minimum atomic E-state index is 0.211. The van der Waals surface area contributed by atoms with Gasteiger partial charge in [0.2, 0.25) is 0 Å². The highest BCUT2D eigenvalue weighted by molar-refractivity contribution is 5.43. The van der Waals surface area contributed by atoms with Crippen molar-refractivity contribution in [2.24, 2.45) is 0 Å². The van der Waals surface area contributed by atoms with Crippen LogP contribution >= 0.6 is 0 Å². The number of hydrogen-bond acceptors (Lipinski definition) is 7. The van der Waals surface area contributed by atoms with E-state index in [1.807, 2.05) is 13.8 Å². The molecule has 0 aliphatic heterocycles. The van der Waals surface area contributed by atoms with E-state index in [0.717, 1.165) is 11.1 Å². The molecule has 4 N–H and O–H groups in total. The van der Waals surface area contributed by atoms with Gasteiger partial charge in [0.05, 0.1) is 0 Å². The predicted molar refractivity (Wildman–Crippen MR) is 133 cm³/mol. The summed E-state index contributed by atoms with van der Waals surface area (Å²) in [7, 11) is 0. The smallest absolute Gasteiger partial charge is 0.127 e. The minimum absolute atomic E-state index is 0.211. The van der Waals surface area contributed by atoms with Crippen LogP contribution in [-0.2, 0) is 0 Å². The second-order valence-corrected chi connectivity index (χ2v) is 7.68. The molecule has 4 aromatic carbocycles. The Kier molecular flexibility index (Phi) is 8.67. The Morgan fingerprint density at radius 3 is 1.17 bits per heavy atom. The lowest BCUT2D eigenvalue weighted by atomic mass is 10.2. The molecule has 0 unspecified atom stereocenters. The normalized spacial score (nSPS) is 10.1. The Labute approximate surface area is 204 Å². The Hall–Kier alpha value is -4.52. The number of phenolic OH excluding ortho intramolecular Hbond substituents is 4. The molecule has 0 heterocycles. The number of benzene rings is 4. The molecule has 7 heteroatoms. The fourth-order valence-corrected chi connectivity index (χ4v) is 2.92. The zero-order chi connectivity index (χ0) is 25.2. The third-order valence-electron chi connectivity index (χ3n) is 4.87. The fourth-order valence-electron chi connectivity index (χ4n) is 2.92. The van der Waals surface area contributed by atoms with Gasteiger partial charge < -0.3 is 34.6 Å². The summed E-state index contributed by atoms with van der Waals surface area (Å²) in [5, 5.41) is 37.0. The van der Waals surface area contributed by atoms with E-state index in [0.29, 0.717) is 36.2 Å². The van der Waals surface area contributed by atoms with Crippen molar-refractivity contribution in [3.63, 3.8) is 0 Å². The lowest BCUT2D eigenvalue weighted by Crippen LogP contribution is -2.08. The molecule has 4 rings (SSSR count). The maximum Gasteiger partial charge on any atom is 0.127 e. The van der Waals surface area contributed by atoms with Gasteiger partial charge in [0.25, 0.3) is 0 Å². The van der Waals surface area contributed by atoms with Crippen molar-refractivity contribution in [1.29, 1.82) is 0 Å². The van der Waals surface area contributed by atoms with Gasteiger partial charge >= 0.3 is 0 Å². The predicted octanol–water partition coefficient (Wildman–Crippen LogP) is 6.06. The molecule has 182 valence electrons. The van der Waals surface area contributed by atoms with E-state index in [9.17, 15) is 10.2 Å². The van der Waals surface area contributed by atoms with Crippen LogP contribution in [-0.4, -0.2) is 33.6 Å². The highest BCUT2D eigenvalue weighted by Gasteiger charge is 2.03. The van der Waals surface area contributed by atoms with E-state index in [4.69, 9.17) is 24.4 Å². The molecule has 0 aliphatic carbocycles. The van der Waals surface area contributed by atoms with Gasteiger partial charge in [-0.05, 0) is 110 Å². The van der Waals surface area contributed by atoms with Gasteiger partial charge in [-0.25, -0.2) is 0 Å². The third-order valence-corrected chi connectivity index (χ3v) is 4.87. The van der Waals surface area contributed by atoms with Crippen LogP contribution < -0.4 is 14.2 Å². The first-order valence-corrected chi connectivity index (χ1v) is 10.9. The average molecular weight is 477 g/mol. The van der Waals surface area contributed by atoms with E-state index in [-0.39, 0.29) is 23.0 Å². The van der Waals surface area contributed by atoms with Crippen molar-refractivity contribution >= 4 is 0 Å². The zero-order valence-corrected chi connectivity index (χ0v) is 19.5. The molecule has 0 fully saturated rings. The van der Waals surface area contributed by atoms with Crippen molar-refractivity contribution in [3.05, 3.63) is 96.1 Å². The maximum atomic E-state index is 9.40. The number of rotatable bonds is 7. The highest BCUT2D eigenvalue weighted by Crippen LogP contribution is 2.29. The van der Waals surface area contributed by atoms with Crippen molar-refractivity contribution in [2.45, 2.75) is 13.8 Å². The molecule has 0 atom stereocenters. The van der Waals surface area contributed by atoms with E-state index >= 15 is 0 Å². The highest BCUT2D eigenvalue weighted by atomic mass is 16.5. The van der Waals surface area contributed by atoms with Crippen LogP contribution in [0.15, 0.2) is 84.9 Å². The summed E-state index contributed by atoms with van der Waals surface area (Å²) in [6.45, 7) is 4.44. The van der Waals surface area contributed by atoms with Gasteiger partial charge in [0.1, 0.15) is 59.2 Å². The molecule has 35 heavy (non-hydrogen) atoms. The lowest BCUT2D eigenvalue weighted by Gasteiger charge is -2.08. The first kappa shape index (κ1) is 25.1. The van der Waals surface area contributed by atoms with E-state index in [1.165, 1.54) is 0 Å². The SMILES string of the molecule is Cc1cc(Oc2ccc(O)c(C)c2)ccc1O.Oc1ccc(OCCOc2ccc(O)cc2)cc1. The molecule has 0 saturated heterocycles. The summed E-state index contributed by atoms with van der Waals surface area (Å²) in [4.78, 5) is 0. The van der Waals surface area contributed by atoms with Gasteiger partial charge in [-0.3, -0.25) is 0 Å². The van der Waals surface area contributed by atoms with E-state index < -0.39 is 0 Å². The van der Waals surface area contributed by atoms with E-state index in [1.54, 1.807) is 84.9 Å². The number of aromatic hydroxyl groups is 4. The monoisotopic (exact) mass is 476 g/mol. The van der Waals surface area contributed by atoms with Gasteiger partial charge in [-0.2, -0.15) is 0 Å². The standard InChI is InChI=1S/C14H14O4.C14H14O3/c15-11-1-5-13(6-2-11)17-9-10-18-14-7-3-12(16)4-8-14;1-9-7-11(3-5-13(9)15)17-12-4-6-14(16)10(2)8-12/h1-8,15-16H,9-10H2;3-8,15-16H,1-2H3. The number of aryl methyl sites for hydroxylation is 2. The summed E-state index contributed by atoms with van der Waals surface area (Å²) in [5.74, 6) is 3.60. The molecule has 0 amide bonds. The molecule has 0 aliphatic rings. The number of ether oxygens (including phenoxy) is 3. The molecule has 0 radical (unpaired) electrons. The Bertz CT molecular complexity index is 1120. The summed E-state index contributed by atoms with van der Waals surface area (Å²) in [6.07, 6.45) is 0. The fraction of sp³-hybridized carbons (Fsp3) is 0.143. The first-order chi connectivity index (χ1) is 16.8. The van der Waals surface area contributed by atoms with Crippen molar-refractivity contribution < 1.29 is 34.6 Å². The van der Waals surface area contributed by atoms with E-state index in [2.05, 4.69) is 0 Å². The molecular formula is C28H28O7. The maximum absolute atomic E-state index is 9.40. The lowest BCUT2D eigenvalue weighted by molar-refractivity contribution is 0.217. The van der Waals surface area contributed by atoms with Gasteiger partial charge in [-0.1, -0.05) is 0 Å². The molecule has 0 bridgehead atoms. The van der Waals surface area contributed by atoms with Crippen LogP contribution in [0.25, 0.3) is 0 Å². The van der Waals surface area contributed by atoms with Gasteiger partial charge in [0, 0.05) is 0 Å². The van der Waals surface area contributed by atoms with Crippen LogP contribution in [0.3, 0.4) is 0 Å². The van der Waals surface area contributed by atoms with Crippen LogP contribution in [0.5, 0.6) is 46.0 Å². The van der Waals surface area contributed by atoms with Gasteiger partial charge in [0.15, 0.2) is 0 Å². The Morgan fingerprint density at radius 2 is 0.829 bits per heavy atom. The van der Waals surface area contributed by atoms with Gasteiger partial charge in [-0.15, -0.1) is 0 Å². The number of phenols is 4. The molecule has 0 aromatic heterocycles. The largest absolute Gasteiger partial charge is 0.508 e. The summed E-state index contributed by atoms with van der Waals surface area (Å²) in [5.41, 5.74) is 1.52. The molecule has 4 aromatic rings. The Balaban J connectivity index is 0.000000196. The molecule has 0 spiro atoms. The third kappa shape index (κ3) is 8.08. The van der Waals surface area contributed by atoms with Crippen LogP contribution in [0.2, 0.25) is 0 Å².